The monoisotopic (exact) mass is 240 g/mol. The van der Waals surface area contributed by atoms with Gasteiger partial charge < -0.3 is 4.98 Å². The summed E-state index contributed by atoms with van der Waals surface area (Å²) in [6, 6.07) is 4.92. The van der Waals surface area contributed by atoms with Crippen LogP contribution in [0.3, 0.4) is 0 Å². The molecule has 0 saturated heterocycles. The number of carbonyl (C=O) groups is 1. The van der Waals surface area contributed by atoms with Crippen LogP contribution in [-0.2, 0) is 0 Å². The summed E-state index contributed by atoms with van der Waals surface area (Å²) in [6.07, 6.45) is 3.11. The maximum Gasteiger partial charge on any atom is 0.229 e. The molecular weight excluding hydrogens is 235 g/mol. The molecule has 0 aliphatic heterocycles. The van der Waals surface area contributed by atoms with Gasteiger partial charge in [-0.25, -0.2) is 0 Å². The third-order valence-corrected chi connectivity index (χ3v) is 2.69. The molecule has 0 amide bonds. The first kappa shape index (κ1) is 10.2. The second-order valence-corrected chi connectivity index (χ2v) is 3.65. The van der Waals surface area contributed by atoms with Gasteiger partial charge in [-0.2, -0.15) is 0 Å². The van der Waals surface area contributed by atoms with Gasteiger partial charge in [-0.15, -0.1) is 0 Å². The number of aromatic amines is 1. The van der Waals surface area contributed by atoms with Gasteiger partial charge in [0.15, 0.2) is 0 Å². The van der Waals surface area contributed by atoms with Gasteiger partial charge in [-0.3, -0.25) is 9.78 Å². The highest BCUT2D eigenvalue weighted by Crippen LogP contribution is 2.25. The molecule has 0 aromatic carbocycles. The van der Waals surface area contributed by atoms with E-state index < -0.39 is 0 Å². The summed E-state index contributed by atoms with van der Waals surface area (Å²) < 4.78 is 0. The molecule has 0 aliphatic carbocycles. The molecule has 0 fully saturated rings. The zero-order valence-corrected chi connectivity index (χ0v) is 9.01. The molecule has 3 nitrogen and oxygen atoms in total. The van der Waals surface area contributed by atoms with Crippen molar-refractivity contribution in [1.82, 2.24) is 9.97 Å². The molecule has 2 heterocycles. The molecular formula is C10H6Cl2N2O. The number of carbonyl (C=O) groups excluding carboxylic acids is 1. The molecule has 5 heteroatoms. The highest BCUT2D eigenvalue weighted by molar-refractivity contribution is 6.44. The average molecular weight is 241 g/mol. The van der Waals surface area contributed by atoms with Crippen molar-refractivity contribution in [2.75, 3.05) is 0 Å². The Labute approximate surface area is 96.1 Å². The SMILES string of the molecule is O=C(c1ccc[nH]1)c1nccc(Cl)c1Cl. The topological polar surface area (TPSA) is 45.8 Å². The summed E-state index contributed by atoms with van der Waals surface area (Å²) in [7, 11) is 0. The fraction of sp³-hybridized carbons (Fsp3) is 0. The molecule has 76 valence electrons. The minimum Gasteiger partial charge on any atom is -0.358 e. The van der Waals surface area contributed by atoms with Crippen molar-refractivity contribution in [2.24, 2.45) is 0 Å². The lowest BCUT2D eigenvalue weighted by Crippen LogP contribution is -2.05. The third-order valence-electron chi connectivity index (χ3n) is 1.90. The van der Waals surface area contributed by atoms with E-state index in [0.29, 0.717) is 10.7 Å². The molecule has 2 aromatic heterocycles. The van der Waals surface area contributed by atoms with E-state index in [1.54, 1.807) is 18.3 Å². The van der Waals surface area contributed by atoms with Crippen LogP contribution in [-0.4, -0.2) is 15.8 Å². The van der Waals surface area contributed by atoms with Gasteiger partial charge in [-0.05, 0) is 18.2 Å². The number of nitrogens with zero attached hydrogens (tertiary/aromatic N) is 1. The number of hydrogen-bond acceptors (Lipinski definition) is 2. The van der Waals surface area contributed by atoms with E-state index in [9.17, 15) is 4.79 Å². The summed E-state index contributed by atoms with van der Waals surface area (Å²) >= 11 is 11.7. The Balaban J connectivity index is 2.47. The minimum atomic E-state index is -0.271. The van der Waals surface area contributed by atoms with Crippen LogP contribution in [0.25, 0.3) is 0 Å². The number of halogens is 2. The number of ketones is 1. The lowest BCUT2D eigenvalue weighted by molar-refractivity contribution is 0.103. The highest BCUT2D eigenvalue weighted by Gasteiger charge is 2.16. The van der Waals surface area contributed by atoms with E-state index in [-0.39, 0.29) is 16.5 Å². The van der Waals surface area contributed by atoms with Crippen molar-refractivity contribution in [3.8, 4) is 0 Å². The van der Waals surface area contributed by atoms with E-state index in [1.165, 1.54) is 12.3 Å². The largest absolute Gasteiger partial charge is 0.358 e. The maximum atomic E-state index is 11.8. The van der Waals surface area contributed by atoms with Gasteiger partial charge in [0.2, 0.25) is 5.78 Å². The molecule has 0 bridgehead atoms. The van der Waals surface area contributed by atoms with E-state index >= 15 is 0 Å². The number of aromatic nitrogens is 2. The summed E-state index contributed by atoms with van der Waals surface area (Å²) in [5.41, 5.74) is 0.596. The Morgan fingerprint density at radius 1 is 1.33 bits per heavy atom. The van der Waals surface area contributed by atoms with Crippen LogP contribution < -0.4 is 0 Å². The lowest BCUT2D eigenvalue weighted by atomic mass is 10.2. The van der Waals surface area contributed by atoms with Crippen LogP contribution in [0.1, 0.15) is 16.2 Å². The summed E-state index contributed by atoms with van der Waals surface area (Å²) in [5.74, 6) is -0.271. The molecule has 2 aromatic rings. The third kappa shape index (κ3) is 1.89. The number of hydrogen-bond donors (Lipinski definition) is 1. The number of H-pyrrole nitrogens is 1. The van der Waals surface area contributed by atoms with Gasteiger partial charge in [0.05, 0.1) is 15.7 Å². The lowest BCUT2D eigenvalue weighted by Gasteiger charge is -2.01. The van der Waals surface area contributed by atoms with Crippen LogP contribution in [0.4, 0.5) is 0 Å². The first-order valence-electron chi connectivity index (χ1n) is 4.18. The second kappa shape index (κ2) is 4.04. The molecule has 0 radical (unpaired) electrons. The van der Waals surface area contributed by atoms with Crippen molar-refractivity contribution in [3.63, 3.8) is 0 Å². The van der Waals surface area contributed by atoms with Gasteiger partial charge in [0, 0.05) is 12.4 Å². The van der Waals surface area contributed by atoms with Gasteiger partial charge in [0.1, 0.15) is 5.69 Å². The molecule has 1 N–H and O–H groups in total. The van der Waals surface area contributed by atoms with Gasteiger partial charge in [0.25, 0.3) is 0 Å². The van der Waals surface area contributed by atoms with E-state index in [4.69, 9.17) is 23.2 Å². The fourth-order valence-corrected chi connectivity index (χ4v) is 1.52. The Bertz CT molecular complexity index is 494. The molecule has 0 saturated carbocycles. The first-order valence-corrected chi connectivity index (χ1v) is 4.94. The fourth-order valence-electron chi connectivity index (χ4n) is 1.18. The van der Waals surface area contributed by atoms with E-state index in [2.05, 4.69) is 9.97 Å². The van der Waals surface area contributed by atoms with Crippen LogP contribution in [0, 0.1) is 0 Å². The predicted molar refractivity (Wildman–Crippen MR) is 58.5 cm³/mol. The molecule has 2 rings (SSSR count). The molecule has 0 atom stereocenters. The Morgan fingerprint density at radius 3 is 2.80 bits per heavy atom. The predicted octanol–water partition coefficient (Wildman–Crippen LogP) is 2.95. The van der Waals surface area contributed by atoms with Crippen molar-refractivity contribution >= 4 is 29.0 Å². The normalized spacial score (nSPS) is 10.3. The van der Waals surface area contributed by atoms with Crippen molar-refractivity contribution in [1.29, 1.82) is 0 Å². The smallest absolute Gasteiger partial charge is 0.229 e. The first-order chi connectivity index (χ1) is 7.20. The van der Waals surface area contributed by atoms with Crippen LogP contribution in [0.5, 0.6) is 0 Å². The quantitative estimate of drug-likeness (QED) is 0.821. The average Bonchev–Trinajstić information content (AvgIpc) is 2.74. The maximum absolute atomic E-state index is 11.8. The van der Waals surface area contributed by atoms with E-state index in [1.807, 2.05) is 0 Å². The molecule has 0 unspecified atom stereocenters. The Morgan fingerprint density at radius 2 is 2.13 bits per heavy atom. The summed E-state index contributed by atoms with van der Waals surface area (Å²) in [6.45, 7) is 0. The molecule has 0 spiro atoms. The van der Waals surface area contributed by atoms with Crippen LogP contribution >= 0.6 is 23.2 Å². The summed E-state index contributed by atoms with van der Waals surface area (Å²) in [4.78, 5) is 18.5. The zero-order chi connectivity index (χ0) is 10.8. The van der Waals surface area contributed by atoms with Crippen molar-refractivity contribution in [3.05, 3.63) is 52.0 Å². The Kier molecular flexibility index (Phi) is 2.75. The van der Waals surface area contributed by atoms with Crippen molar-refractivity contribution in [2.45, 2.75) is 0 Å². The van der Waals surface area contributed by atoms with Crippen LogP contribution in [0.2, 0.25) is 10.0 Å². The zero-order valence-electron chi connectivity index (χ0n) is 7.50. The standard InChI is InChI=1S/C10H6Cl2N2O/c11-6-3-5-14-9(8(6)12)10(15)7-2-1-4-13-7/h1-5,13H. The number of rotatable bonds is 2. The van der Waals surface area contributed by atoms with Crippen molar-refractivity contribution < 1.29 is 4.79 Å². The Hall–Kier alpha value is -1.32. The van der Waals surface area contributed by atoms with Gasteiger partial charge in [-0.1, -0.05) is 23.2 Å². The van der Waals surface area contributed by atoms with Gasteiger partial charge >= 0.3 is 0 Å². The van der Waals surface area contributed by atoms with E-state index in [0.717, 1.165) is 0 Å². The second-order valence-electron chi connectivity index (χ2n) is 2.87. The molecule has 15 heavy (non-hydrogen) atoms. The highest BCUT2D eigenvalue weighted by atomic mass is 35.5. The number of nitrogens with one attached hydrogen (secondary N) is 1. The molecule has 0 aliphatic rings. The summed E-state index contributed by atoms with van der Waals surface area (Å²) in [5, 5.41) is 0.500. The number of pyridine rings is 1. The van der Waals surface area contributed by atoms with Crippen LogP contribution in [0.15, 0.2) is 30.6 Å². The minimum absolute atomic E-state index is 0.159.